The van der Waals surface area contributed by atoms with Gasteiger partial charge in [0.2, 0.25) is 0 Å². The molecule has 1 fully saturated rings. The second-order valence-corrected chi connectivity index (χ2v) is 4.74. The number of nitrogens with one attached hydrogen (secondary N) is 1. The van der Waals surface area contributed by atoms with E-state index in [0.29, 0.717) is 6.04 Å². The minimum absolute atomic E-state index is 0.0638. The smallest absolute Gasteiger partial charge is 0.177 e. The van der Waals surface area contributed by atoms with Crippen LogP contribution in [-0.2, 0) is 6.61 Å². The minimum Gasteiger partial charge on any atom is -0.390 e. The van der Waals surface area contributed by atoms with Crippen molar-refractivity contribution in [1.29, 1.82) is 0 Å². The molecule has 1 aliphatic carbocycles. The molecule has 0 radical (unpaired) electrons. The molecule has 1 heterocycles. The lowest BCUT2D eigenvalue weighted by Gasteiger charge is -2.18. The fourth-order valence-corrected chi connectivity index (χ4v) is 2.45. The summed E-state index contributed by atoms with van der Waals surface area (Å²) < 4.78 is 2.83. The Morgan fingerprint density at radius 2 is 2.40 bits per heavy atom. The molecule has 4 heteroatoms. The van der Waals surface area contributed by atoms with Crippen LogP contribution in [0.3, 0.4) is 0 Å². The van der Waals surface area contributed by atoms with Crippen molar-refractivity contribution < 1.29 is 5.11 Å². The Kier molecular flexibility index (Phi) is 3.26. The summed E-state index contributed by atoms with van der Waals surface area (Å²) >= 11 is 5.25. The van der Waals surface area contributed by atoms with E-state index in [9.17, 15) is 5.11 Å². The monoisotopic (exact) mass is 226 g/mol. The van der Waals surface area contributed by atoms with Crippen molar-refractivity contribution in [2.24, 2.45) is 5.92 Å². The van der Waals surface area contributed by atoms with Gasteiger partial charge in [-0.15, -0.1) is 0 Å². The molecule has 1 atom stereocenters. The van der Waals surface area contributed by atoms with E-state index in [1.165, 1.54) is 19.3 Å². The number of aromatic amines is 1. The van der Waals surface area contributed by atoms with Gasteiger partial charge in [-0.25, -0.2) is 0 Å². The Labute approximate surface area is 95.1 Å². The van der Waals surface area contributed by atoms with Gasteiger partial charge in [0.1, 0.15) is 0 Å². The molecule has 0 bridgehead atoms. The molecular weight excluding hydrogens is 208 g/mol. The number of hydrogen-bond acceptors (Lipinski definition) is 2. The molecule has 0 saturated heterocycles. The topological polar surface area (TPSA) is 41.0 Å². The summed E-state index contributed by atoms with van der Waals surface area (Å²) in [5, 5.41) is 9.24. The number of aliphatic hydroxyl groups is 1. The van der Waals surface area contributed by atoms with Gasteiger partial charge < -0.3 is 14.7 Å². The summed E-state index contributed by atoms with van der Waals surface area (Å²) in [7, 11) is 0. The van der Waals surface area contributed by atoms with Gasteiger partial charge >= 0.3 is 0 Å². The molecule has 1 aromatic rings. The third-order valence-corrected chi connectivity index (χ3v) is 3.51. The first-order valence-corrected chi connectivity index (χ1v) is 6.06. The number of H-pyrrole nitrogens is 1. The molecule has 2 N–H and O–H groups in total. The van der Waals surface area contributed by atoms with Gasteiger partial charge in [0.05, 0.1) is 12.3 Å². The molecule has 1 aliphatic rings. The van der Waals surface area contributed by atoms with E-state index in [2.05, 4.69) is 16.5 Å². The van der Waals surface area contributed by atoms with E-state index in [1.807, 2.05) is 6.20 Å². The summed E-state index contributed by atoms with van der Waals surface area (Å²) in [4.78, 5) is 3.01. The van der Waals surface area contributed by atoms with Crippen LogP contribution in [0.4, 0.5) is 0 Å². The van der Waals surface area contributed by atoms with Crippen molar-refractivity contribution in [1.82, 2.24) is 9.55 Å². The summed E-state index contributed by atoms with van der Waals surface area (Å²) in [5.74, 6) is 0.887. The highest BCUT2D eigenvalue weighted by Gasteiger charge is 2.26. The van der Waals surface area contributed by atoms with Crippen molar-refractivity contribution in [3.05, 3.63) is 16.7 Å². The summed E-state index contributed by atoms with van der Waals surface area (Å²) in [6.45, 7) is 2.25. The Balaban J connectivity index is 2.22. The molecule has 0 aliphatic heterocycles. The van der Waals surface area contributed by atoms with Gasteiger partial charge in [-0.2, -0.15) is 0 Å². The summed E-state index contributed by atoms with van der Waals surface area (Å²) in [5.41, 5.74) is 0.910. The van der Waals surface area contributed by atoms with Crippen LogP contribution in [-0.4, -0.2) is 14.7 Å². The average Bonchev–Trinajstić information content (AvgIpc) is 2.98. The first-order valence-electron chi connectivity index (χ1n) is 5.66. The van der Waals surface area contributed by atoms with Gasteiger partial charge in [-0.3, -0.25) is 0 Å². The maximum atomic E-state index is 9.24. The third kappa shape index (κ3) is 2.32. The average molecular weight is 226 g/mol. The Morgan fingerprint density at radius 1 is 1.67 bits per heavy atom. The predicted octanol–water partition coefficient (Wildman–Crippen LogP) is 2.79. The van der Waals surface area contributed by atoms with Gasteiger partial charge in [-0.05, 0) is 31.0 Å². The number of imidazole rings is 1. The van der Waals surface area contributed by atoms with Gasteiger partial charge in [-0.1, -0.05) is 19.8 Å². The second kappa shape index (κ2) is 4.49. The SMILES string of the molecule is CCC(CC1CC1)n1c(CO)c[nH]c1=S. The van der Waals surface area contributed by atoms with E-state index < -0.39 is 0 Å². The lowest BCUT2D eigenvalue weighted by Crippen LogP contribution is -2.12. The van der Waals surface area contributed by atoms with Crippen LogP contribution >= 0.6 is 12.2 Å². The van der Waals surface area contributed by atoms with Crippen LogP contribution in [0.5, 0.6) is 0 Å². The van der Waals surface area contributed by atoms with E-state index in [0.717, 1.165) is 22.8 Å². The van der Waals surface area contributed by atoms with Gasteiger partial charge in [0.25, 0.3) is 0 Å². The Bertz CT molecular complexity index is 378. The van der Waals surface area contributed by atoms with Gasteiger partial charge in [0.15, 0.2) is 4.77 Å². The molecule has 0 spiro atoms. The highest BCUT2D eigenvalue weighted by Crippen LogP contribution is 2.38. The zero-order valence-corrected chi connectivity index (χ0v) is 9.89. The summed E-state index contributed by atoms with van der Waals surface area (Å²) in [6.07, 6.45) is 6.83. The lowest BCUT2D eigenvalue weighted by atomic mass is 10.1. The van der Waals surface area contributed by atoms with Gasteiger partial charge in [0, 0.05) is 12.2 Å². The molecule has 1 aromatic heterocycles. The fraction of sp³-hybridized carbons (Fsp3) is 0.727. The highest BCUT2D eigenvalue weighted by atomic mass is 32.1. The summed E-state index contributed by atoms with van der Waals surface area (Å²) in [6, 6.07) is 0.457. The minimum atomic E-state index is 0.0638. The molecule has 1 saturated carbocycles. The van der Waals surface area contributed by atoms with Crippen LogP contribution in [0.15, 0.2) is 6.20 Å². The molecule has 2 rings (SSSR count). The lowest BCUT2D eigenvalue weighted by molar-refractivity contribution is 0.262. The molecule has 0 aromatic carbocycles. The number of nitrogens with zero attached hydrogens (tertiary/aromatic N) is 1. The largest absolute Gasteiger partial charge is 0.390 e. The van der Waals surface area contributed by atoms with Crippen molar-refractivity contribution in [3.63, 3.8) is 0 Å². The molecule has 15 heavy (non-hydrogen) atoms. The number of hydrogen-bond donors (Lipinski definition) is 2. The maximum absolute atomic E-state index is 9.24. The quantitative estimate of drug-likeness (QED) is 0.758. The third-order valence-electron chi connectivity index (χ3n) is 3.19. The van der Waals surface area contributed by atoms with Crippen LogP contribution in [0, 0.1) is 10.7 Å². The van der Waals surface area contributed by atoms with E-state index in [4.69, 9.17) is 12.2 Å². The molecule has 3 nitrogen and oxygen atoms in total. The maximum Gasteiger partial charge on any atom is 0.177 e. The standard InChI is InChI=1S/C11H18N2OS/c1-2-9(5-8-3-4-8)13-10(7-14)6-12-11(13)15/h6,8-9,14H,2-5,7H2,1H3,(H,12,15). The first-order chi connectivity index (χ1) is 7.26. The highest BCUT2D eigenvalue weighted by molar-refractivity contribution is 7.71. The van der Waals surface area contributed by atoms with Crippen LogP contribution in [0.1, 0.15) is 44.3 Å². The van der Waals surface area contributed by atoms with E-state index in [-0.39, 0.29) is 6.61 Å². The zero-order valence-electron chi connectivity index (χ0n) is 9.07. The van der Waals surface area contributed by atoms with Crippen LogP contribution < -0.4 is 0 Å². The first kappa shape index (κ1) is 10.9. The van der Waals surface area contributed by atoms with Crippen molar-refractivity contribution >= 4 is 12.2 Å². The zero-order chi connectivity index (χ0) is 10.8. The fourth-order valence-electron chi connectivity index (χ4n) is 2.13. The Hall–Kier alpha value is -0.610. The number of aliphatic hydroxyl groups excluding tert-OH is 1. The van der Waals surface area contributed by atoms with Crippen LogP contribution in [0.2, 0.25) is 0 Å². The predicted molar refractivity (Wildman–Crippen MR) is 62.2 cm³/mol. The number of aromatic nitrogens is 2. The molecule has 1 unspecified atom stereocenters. The molecule has 84 valence electrons. The number of rotatable bonds is 5. The van der Waals surface area contributed by atoms with Crippen molar-refractivity contribution in [2.45, 2.75) is 45.3 Å². The molecular formula is C11H18N2OS. The van der Waals surface area contributed by atoms with Crippen molar-refractivity contribution in [2.75, 3.05) is 0 Å². The van der Waals surface area contributed by atoms with Crippen LogP contribution in [0.25, 0.3) is 0 Å². The van der Waals surface area contributed by atoms with Crippen molar-refractivity contribution in [3.8, 4) is 0 Å². The van der Waals surface area contributed by atoms with E-state index in [1.54, 1.807) is 0 Å². The molecule has 0 amide bonds. The normalized spacial score (nSPS) is 18.0. The second-order valence-electron chi connectivity index (χ2n) is 4.35. The Morgan fingerprint density at radius 3 is 2.93 bits per heavy atom. The van der Waals surface area contributed by atoms with E-state index >= 15 is 0 Å².